The second kappa shape index (κ2) is 10.7. The lowest BCUT2D eigenvalue weighted by Gasteiger charge is -2.33. The summed E-state index contributed by atoms with van der Waals surface area (Å²) in [6.07, 6.45) is 3.69. The van der Waals surface area contributed by atoms with Gasteiger partial charge >= 0.3 is 5.97 Å². The van der Waals surface area contributed by atoms with Crippen molar-refractivity contribution < 1.29 is 19.1 Å². The first kappa shape index (κ1) is 24.6. The average Bonchev–Trinajstić information content (AvgIpc) is 3.09. The van der Waals surface area contributed by atoms with Crippen LogP contribution < -0.4 is 10.1 Å². The van der Waals surface area contributed by atoms with Gasteiger partial charge in [0.1, 0.15) is 10.8 Å². The third-order valence-corrected chi connectivity index (χ3v) is 7.27. The van der Waals surface area contributed by atoms with Gasteiger partial charge in [-0.1, -0.05) is 32.4 Å². The van der Waals surface area contributed by atoms with Gasteiger partial charge in [0.2, 0.25) is 5.91 Å². The standard InChI is InChI=1S/C25H32ClNO4S/c1-5-30-24(29)22-19-13-8-16(25(2,3)4)15-20(19)32-23(22)27-21(28)7-6-14-31-18-11-9-17(26)10-12-18/h9-12,16H,5-8,13-15H2,1-4H3,(H,27,28). The van der Waals surface area contributed by atoms with Crippen LogP contribution in [0.15, 0.2) is 24.3 Å². The summed E-state index contributed by atoms with van der Waals surface area (Å²) in [6, 6.07) is 7.14. The Morgan fingerprint density at radius 3 is 2.59 bits per heavy atom. The van der Waals surface area contributed by atoms with Crippen LogP contribution in [0.3, 0.4) is 0 Å². The lowest BCUT2D eigenvalue weighted by Crippen LogP contribution is -2.26. The maximum Gasteiger partial charge on any atom is 0.341 e. The Hall–Kier alpha value is -2.05. The summed E-state index contributed by atoms with van der Waals surface area (Å²) in [5.74, 6) is 0.804. The van der Waals surface area contributed by atoms with E-state index >= 15 is 0 Å². The number of carbonyl (C=O) groups excluding carboxylic acids is 2. The number of fused-ring (bicyclic) bond motifs is 1. The Balaban J connectivity index is 1.64. The van der Waals surface area contributed by atoms with Crippen LogP contribution in [0.1, 0.15) is 67.8 Å². The molecule has 0 saturated carbocycles. The highest BCUT2D eigenvalue weighted by Crippen LogP contribution is 2.44. The van der Waals surface area contributed by atoms with Gasteiger partial charge in [-0.15, -0.1) is 11.3 Å². The van der Waals surface area contributed by atoms with E-state index in [-0.39, 0.29) is 17.3 Å². The molecule has 0 spiro atoms. The van der Waals surface area contributed by atoms with E-state index in [1.807, 2.05) is 0 Å². The number of hydrogen-bond donors (Lipinski definition) is 1. The fourth-order valence-corrected chi connectivity index (χ4v) is 5.43. The predicted molar refractivity (Wildman–Crippen MR) is 130 cm³/mol. The van der Waals surface area contributed by atoms with Crippen LogP contribution >= 0.6 is 22.9 Å². The summed E-state index contributed by atoms with van der Waals surface area (Å²) in [5.41, 5.74) is 1.81. The molecule has 1 aromatic heterocycles. The van der Waals surface area contributed by atoms with Gasteiger partial charge in [-0.2, -0.15) is 0 Å². The van der Waals surface area contributed by atoms with Gasteiger partial charge in [0.25, 0.3) is 0 Å². The number of carbonyl (C=O) groups is 2. The van der Waals surface area contributed by atoms with Crippen molar-refractivity contribution in [3.63, 3.8) is 0 Å². The molecule has 1 aliphatic carbocycles. The van der Waals surface area contributed by atoms with Gasteiger partial charge in [-0.25, -0.2) is 4.79 Å². The van der Waals surface area contributed by atoms with Crippen LogP contribution in [-0.2, 0) is 22.4 Å². The number of amides is 1. The van der Waals surface area contributed by atoms with E-state index in [0.717, 1.165) is 30.6 Å². The second-order valence-corrected chi connectivity index (χ2v) is 10.7. The summed E-state index contributed by atoms with van der Waals surface area (Å²) in [7, 11) is 0. The Morgan fingerprint density at radius 2 is 1.94 bits per heavy atom. The Morgan fingerprint density at radius 1 is 1.22 bits per heavy atom. The minimum Gasteiger partial charge on any atom is -0.494 e. The zero-order valence-corrected chi connectivity index (χ0v) is 20.8. The van der Waals surface area contributed by atoms with Gasteiger partial charge in [-0.3, -0.25) is 4.79 Å². The van der Waals surface area contributed by atoms with E-state index in [9.17, 15) is 9.59 Å². The number of rotatable bonds is 8. The lowest BCUT2D eigenvalue weighted by molar-refractivity contribution is -0.116. The molecule has 174 valence electrons. The van der Waals surface area contributed by atoms with E-state index in [1.165, 1.54) is 16.2 Å². The van der Waals surface area contributed by atoms with Gasteiger partial charge in [0.05, 0.1) is 18.8 Å². The molecular formula is C25H32ClNO4S. The Bertz CT molecular complexity index is 946. The molecule has 3 rings (SSSR count). The molecule has 0 fully saturated rings. The molecule has 5 nitrogen and oxygen atoms in total. The van der Waals surface area contributed by atoms with Gasteiger partial charge < -0.3 is 14.8 Å². The monoisotopic (exact) mass is 477 g/mol. The summed E-state index contributed by atoms with van der Waals surface area (Å²) in [5, 5.41) is 4.24. The van der Waals surface area contributed by atoms with E-state index in [0.29, 0.717) is 47.6 Å². The molecule has 0 bridgehead atoms. The maximum atomic E-state index is 12.7. The highest BCUT2D eigenvalue weighted by atomic mass is 35.5. The first-order valence-corrected chi connectivity index (χ1v) is 12.4. The predicted octanol–water partition coefficient (Wildman–Crippen LogP) is 6.53. The number of halogens is 1. The van der Waals surface area contributed by atoms with E-state index in [2.05, 4.69) is 26.1 Å². The zero-order chi connectivity index (χ0) is 23.3. The molecule has 1 unspecified atom stereocenters. The van der Waals surface area contributed by atoms with Crippen molar-refractivity contribution in [2.45, 2.75) is 59.8 Å². The number of nitrogens with one attached hydrogen (secondary N) is 1. The molecule has 0 saturated heterocycles. The number of thiophene rings is 1. The van der Waals surface area contributed by atoms with Crippen LogP contribution in [0, 0.1) is 11.3 Å². The molecule has 1 aliphatic rings. The molecule has 7 heteroatoms. The summed E-state index contributed by atoms with van der Waals surface area (Å²) in [6.45, 7) is 9.31. The topological polar surface area (TPSA) is 64.6 Å². The average molecular weight is 478 g/mol. The van der Waals surface area contributed by atoms with Crippen molar-refractivity contribution in [1.82, 2.24) is 0 Å². The van der Waals surface area contributed by atoms with E-state index < -0.39 is 0 Å². The molecule has 1 aromatic carbocycles. The smallest absolute Gasteiger partial charge is 0.341 e. The van der Waals surface area contributed by atoms with Crippen molar-refractivity contribution in [1.29, 1.82) is 0 Å². The third kappa shape index (κ3) is 6.26. The quantitative estimate of drug-likeness (QED) is 0.347. The van der Waals surface area contributed by atoms with Gasteiger partial charge in [0.15, 0.2) is 0 Å². The molecule has 2 aromatic rings. The minimum absolute atomic E-state index is 0.124. The number of hydrogen-bond acceptors (Lipinski definition) is 5. The maximum absolute atomic E-state index is 12.7. The van der Waals surface area contributed by atoms with Crippen LogP contribution in [0.5, 0.6) is 5.75 Å². The normalized spacial score (nSPS) is 15.7. The minimum atomic E-state index is -0.347. The number of esters is 1. The highest BCUT2D eigenvalue weighted by molar-refractivity contribution is 7.17. The third-order valence-electron chi connectivity index (χ3n) is 5.85. The molecule has 32 heavy (non-hydrogen) atoms. The Kier molecular flexibility index (Phi) is 8.23. The number of anilines is 1. The summed E-state index contributed by atoms with van der Waals surface area (Å²) in [4.78, 5) is 26.5. The fourth-order valence-electron chi connectivity index (χ4n) is 3.98. The SMILES string of the molecule is CCOC(=O)c1c(NC(=O)CCCOc2ccc(Cl)cc2)sc2c1CCC(C(C)(C)C)C2. The van der Waals surface area contributed by atoms with Crippen LogP contribution in [-0.4, -0.2) is 25.1 Å². The molecule has 1 amide bonds. The second-order valence-electron chi connectivity index (χ2n) is 9.19. The Labute approximate surface area is 199 Å². The van der Waals surface area contributed by atoms with Crippen molar-refractivity contribution >= 4 is 39.8 Å². The molecular weight excluding hydrogens is 446 g/mol. The molecule has 0 aliphatic heterocycles. The highest BCUT2D eigenvalue weighted by Gasteiger charge is 2.34. The van der Waals surface area contributed by atoms with E-state index in [4.69, 9.17) is 21.1 Å². The van der Waals surface area contributed by atoms with Crippen LogP contribution in [0.25, 0.3) is 0 Å². The van der Waals surface area contributed by atoms with Gasteiger partial charge in [-0.05, 0) is 73.8 Å². The first-order valence-electron chi connectivity index (χ1n) is 11.2. The largest absolute Gasteiger partial charge is 0.494 e. The zero-order valence-electron chi connectivity index (χ0n) is 19.3. The van der Waals surface area contributed by atoms with Crippen LogP contribution in [0.4, 0.5) is 5.00 Å². The molecule has 1 heterocycles. The summed E-state index contributed by atoms with van der Waals surface area (Å²) < 4.78 is 11.0. The molecule has 1 N–H and O–H groups in total. The summed E-state index contributed by atoms with van der Waals surface area (Å²) >= 11 is 7.40. The van der Waals surface area contributed by atoms with Crippen molar-refractivity contribution in [3.05, 3.63) is 45.3 Å². The van der Waals surface area contributed by atoms with Crippen molar-refractivity contribution in [2.75, 3.05) is 18.5 Å². The number of benzene rings is 1. The number of ether oxygens (including phenoxy) is 2. The van der Waals surface area contributed by atoms with Crippen molar-refractivity contribution in [2.24, 2.45) is 11.3 Å². The molecule has 0 radical (unpaired) electrons. The van der Waals surface area contributed by atoms with E-state index in [1.54, 1.807) is 31.2 Å². The fraction of sp³-hybridized carbons (Fsp3) is 0.520. The lowest BCUT2D eigenvalue weighted by atomic mass is 9.72. The van der Waals surface area contributed by atoms with Crippen molar-refractivity contribution in [3.8, 4) is 5.75 Å². The van der Waals surface area contributed by atoms with Crippen LogP contribution in [0.2, 0.25) is 5.02 Å². The van der Waals surface area contributed by atoms with Gasteiger partial charge in [0, 0.05) is 16.3 Å². The molecule has 1 atom stereocenters. The first-order chi connectivity index (χ1) is 15.2.